The van der Waals surface area contributed by atoms with Crippen molar-refractivity contribution in [3.63, 3.8) is 0 Å². The van der Waals surface area contributed by atoms with Crippen LogP contribution in [-0.4, -0.2) is 11.2 Å². The van der Waals surface area contributed by atoms with Gasteiger partial charge < -0.3 is 5.11 Å². The summed E-state index contributed by atoms with van der Waals surface area (Å²) < 4.78 is 0. The molecule has 116 valence electrons. The van der Waals surface area contributed by atoms with Crippen LogP contribution in [0.5, 0.6) is 0 Å². The van der Waals surface area contributed by atoms with E-state index in [2.05, 4.69) is 13.8 Å². The number of hydrogen-bond acceptors (Lipinski definition) is 1. The molecule has 0 heterocycles. The molecule has 0 bridgehead atoms. The van der Waals surface area contributed by atoms with Crippen molar-refractivity contribution in [2.75, 3.05) is 0 Å². The molecular formula is C18H38O. The van der Waals surface area contributed by atoms with Gasteiger partial charge in [0.05, 0.1) is 6.10 Å². The molecular weight excluding hydrogens is 232 g/mol. The standard InChI is InChI=1S/C18H38O/c1-3-5-7-9-10-11-13-15-17-18(19)16-14-12-8-6-4-2/h18-19H,3-17H2,1-2H3. The maximum Gasteiger partial charge on any atom is 0.0540 e. The molecule has 0 saturated carbocycles. The molecule has 0 saturated heterocycles. The maximum atomic E-state index is 9.88. The predicted molar refractivity (Wildman–Crippen MR) is 86.6 cm³/mol. The van der Waals surface area contributed by atoms with Crippen LogP contribution in [0.4, 0.5) is 0 Å². The zero-order chi connectivity index (χ0) is 14.2. The minimum atomic E-state index is -0.0262. The molecule has 1 unspecified atom stereocenters. The first kappa shape index (κ1) is 19.0. The molecule has 1 N–H and O–H groups in total. The second-order valence-corrected chi connectivity index (χ2v) is 6.12. The molecule has 0 aromatic carbocycles. The molecule has 19 heavy (non-hydrogen) atoms. The molecule has 0 aliphatic rings. The van der Waals surface area contributed by atoms with E-state index in [4.69, 9.17) is 0 Å². The summed E-state index contributed by atoms with van der Waals surface area (Å²) in [5.41, 5.74) is 0. The van der Waals surface area contributed by atoms with Gasteiger partial charge in [-0.3, -0.25) is 0 Å². The summed E-state index contributed by atoms with van der Waals surface area (Å²) in [5, 5.41) is 9.88. The zero-order valence-corrected chi connectivity index (χ0v) is 13.6. The van der Waals surface area contributed by atoms with Gasteiger partial charge in [-0.1, -0.05) is 97.3 Å². The van der Waals surface area contributed by atoms with Crippen molar-refractivity contribution in [1.82, 2.24) is 0 Å². The van der Waals surface area contributed by atoms with Crippen LogP contribution in [0.3, 0.4) is 0 Å². The largest absolute Gasteiger partial charge is 0.393 e. The van der Waals surface area contributed by atoms with Gasteiger partial charge in [0.15, 0.2) is 0 Å². The Morgan fingerprint density at radius 2 is 0.842 bits per heavy atom. The van der Waals surface area contributed by atoms with Gasteiger partial charge in [0.1, 0.15) is 0 Å². The highest BCUT2D eigenvalue weighted by Crippen LogP contribution is 2.14. The van der Waals surface area contributed by atoms with Crippen molar-refractivity contribution in [2.45, 2.75) is 116 Å². The molecule has 0 aromatic heterocycles. The van der Waals surface area contributed by atoms with Crippen molar-refractivity contribution in [3.05, 3.63) is 0 Å². The lowest BCUT2D eigenvalue weighted by Crippen LogP contribution is -2.05. The summed E-state index contributed by atoms with van der Waals surface area (Å²) in [5.74, 6) is 0. The van der Waals surface area contributed by atoms with Crippen LogP contribution >= 0.6 is 0 Å². The van der Waals surface area contributed by atoms with E-state index in [0.717, 1.165) is 12.8 Å². The first-order chi connectivity index (χ1) is 9.31. The van der Waals surface area contributed by atoms with Gasteiger partial charge in [-0.05, 0) is 12.8 Å². The fourth-order valence-corrected chi connectivity index (χ4v) is 2.64. The third kappa shape index (κ3) is 15.9. The van der Waals surface area contributed by atoms with E-state index in [1.165, 1.54) is 83.5 Å². The first-order valence-corrected chi connectivity index (χ1v) is 8.99. The highest BCUT2D eigenvalue weighted by molar-refractivity contribution is 4.57. The van der Waals surface area contributed by atoms with Crippen LogP contribution in [0.2, 0.25) is 0 Å². The predicted octanol–water partition coefficient (Wildman–Crippen LogP) is 6.24. The van der Waals surface area contributed by atoms with Gasteiger partial charge in [-0.2, -0.15) is 0 Å². The summed E-state index contributed by atoms with van der Waals surface area (Å²) >= 11 is 0. The Kier molecular flexibility index (Phi) is 16.0. The third-order valence-electron chi connectivity index (χ3n) is 4.03. The number of aliphatic hydroxyl groups excluding tert-OH is 1. The van der Waals surface area contributed by atoms with Crippen LogP contribution in [0.15, 0.2) is 0 Å². The quantitative estimate of drug-likeness (QED) is 0.349. The van der Waals surface area contributed by atoms with Gasteiger partial charge >= 0.3 is 0 Å². The van der Waals surface area contributed by atoms with Crippen LogP contribution in [-0.2, 0) is 0 Å². The zero-order valence-electron chi connectivity index (χ0n) is 13.6. The number of rotatable bonds is 15. The second-order valence-electron chi connectivity index (χ2n) is 6.12. The molecule has 0 rings (SSSR count). The summed E-state index contributed by atoms with van der Waals surface area (Å²) in [6, 6.07) is 0. The smallest absolute Gasteiger partial charge is 0.0540 e. The minimum Gasteiger partial charge on any atom is -0.393 e. The second kappa shape index (κ2) is 16.0. The first-order valence-electron chi connectivity index (χ1n) is 8.99. The third-order valence-corrected chi connectivity index (χ3v) is 4.03. The maximum absolute atomic E-state index is 9.88. The van der Waals surface area contributed by atoms with E-state index in [-0.39, 0.29) is 6.10 Å². The van der Waals surface area contributed by atoms with Crippen LogP contribution in [0.1, 0.15) is 110 Å². The Hall–Kier alpha value is -0.0400. The lowest BCUT2D eigenvalue weighted by atomic mass is 10.0. The molecule has 0 spiro atoms. The average Bonchev–Trinajstić information content (AvgIpc) is 2.41. The number of aliphatic hydroxyl groups is 1. The van der Waals surface area contributed by atoms with Gasteiger partial charge in [-0.25, -0.2) is 0 Å². The Morgan fingerprint density at radius 3 is 1.21 bits per heavy atom. The van der Waals surface area contributed by atoms with Crippen molar-refractivity contribution in [2.24, 2.45) is 0 Å². The van der Waals surface area contributed by atoms with E-state index in [0.29, 0.717) is 0 Å². The minimum absolute atomic E-state index is 0.0262. The molecule has 0 aliphatic heterocycles. The van der Waals surface area contributed by atoms with E-state index in [9.17, 15) is 5.11 Å². The molecule has 1 atom stereocenters. The van der Waals surface area contributed by atoms with Crippen LogP contribution in [0.25, 0.3) is 0 Å². The topological polar surface area (TPSA) is 20.2 Å². The van der Waals surface area contributed by atoms with Crippen molar-refractivity contribution < 1.29 is 5.11 Å². The average molecular weight is 271 g/mol. The Labute approximate surface area is 122 Å². The summed E-state index contributed by atoms with van der Waals surface area (Å²) in [6.07, 6.45) is 19.4. The summed E-state index contributed by atoms with van der Waals surface area (Å²) in [7, 11) is 0. The Bertz CT molecular complexity index is 156. The number of hydrogen-bond donors (Lipinski definition) is 1. The molecule has 0 fully saturated rings. The van der Waals surface area contributed by atoms with Gasteiger partial charge in [-0.15, -0.1) is 0 Å². The normalized spacial score (nSPS) is 12.8. The molecule has 1 heteroatoms. The fourth-order valence-electron chi connectivity index (χ4n) is 2.64. The molecule has 1 nitrogen and oxygen atoms in total. The van der Waals surface area contributed by atoms with E-state index in [1.807, 2.05) is 0 Å². The van der Waals surface area contributed by atoms with Crippen molar-refractivity contribution in [3.8, 4) is 0 Å². The van der Waals surface area contributed by atoms with E-state index < -0.39 is 0 Å². The van der Waals surface area contributed by atoms with Gasteiger partial charge in [0.25, 0.3) is 0 Å². The highest BCUT2D eigenvalue weighted by Gasteiger charge is 2.03. The molecule has 0 amide bonds. The van der Waals surface area contributed by atoms with Crippen LogP contribution in [0, 0.1) is 0 Å². The van der Waals surface area contributed by atoms with Crippen LogP contribution < -0.4 is 0 Å². The van der Waals surface area contributed by atoms with E-state index in [1.54, 1.807) is 0 Å². The fraction of sp³-hybridized carbons (Fsp3) is 1.00. The summed E-state index contributed by atoms with van der Waals surface area (Å²) in [6.45, 7) is 4.51. The van der Waals surface area contributed by atoms with Gasteiger partial charge in [0.2, 0.25) is 0 Å². The summed E-state index contributed by atoms with van der Waals surface area (Å²) in [4.78, 5) is 0. The van der Waals surface area contributed by atoms with E-state index >= 15 is 0 Å². The molecule has 0 aromatic rings. The SMILES string of the molecule is CCCCCCCCCCC(O)CCCCCCC. The lowest BCUT2D eigenvalue weighted by molar-refractivity contribution is 0.147. The Balaban J connectivity index is 3.09. The Morgan fingerprint density at radius 1 is 0.526 bits per heavy atom. The lowest BCUT2D eigenvalue weighted by Gasteiger charge is -2.10. The van der Waals surface area contributed by atoms with Gasteiger partial charge in [0, 0.05) is 0 Å². The number of unbranched alkanes of at least 4 members (excludes halogenated alkanes) is 11. The van der Waals surface area contributed by atoms with Crippen molar-refractivity contribution in [1.29, 1.82) is 0 Å². The monoisotopic (exact) mass is 270 g/mol. The molecule has 0 aliphatic carbocycles. The highest BCUT2D eigenvalue weighted by atomic mass is 16.3. The van der Waals surface area contributed by atoms with Crippen molar-refractivity contribution >= 4 is 0 Å². The molecule has 0 radical (unpaired) electrons.